The molecule has 0 saturated heterocycles. The van der Waals surface area contributed by atoms with Gasteiger partial charge in [-0.3, -0.25) is 0 Å². The molecule has 29 heavy (non-hydrogen) atoms. The zero-order valence-corrected chi connectivity index (χ0v) is 16.3. The van der Waals surface area contributed by atoms with Crippen molar-refractivity contribution >= 4 is 17.6 Å². The summed E-state index contributed by atoms with van der Waals surface area (Å²) in [4.78, 5) is 13.1. The average Bonchev–Trinajstić information content (AvgIpc) is 2.78. The van der Waals surface area contributed by atoms with Crippen molar-refractivity contribution in [2.24, 2.45) is 0 Å². The molecule has 0 radical (unpaired) electrons. The first-order chi connectivity index (χ1) is 14.1. The van der Waals surface area contributed by atoms with Gasteiger partial charge in [0.05, 0.1) is 5.02 Å². The quantitative estimate of drug-likeness (QED) is 0.642. The number of ether oxygens (including phenoxy) is 3. The van der Waals surface area contributed by atoms with Gasteiger partial charge in [-0.1, -0.05) is 72.3 Å². The van der Waals surface area contributed by atoms with Crippen LogP contribution in [0.5, 0.6) is 11.5 Å². The molecule has 0 atom stereocenters. The molecular weight excluding hydrogens is 392 g/mol. The van der Waals surface area contributed by atoms with E-state index >= 15 is 0 Å². The number of carbonyl (C=O) groups excluding carboxylic acids is 1. The summed E-state index contributed by atoms with van der Waals surface area (Å²) in [5.74, 6) is 0.218. The van der Waals surface area contributed by atoms with Crippen molar-refractivity contribution in [1.29, 1.82) is 0 Å². The summed E-state index contributed by atoms with van der Waals surface area (Å²) in [5.41, 5.74) is -0.441. The molecule has 3 aromatic rings. The molecule has 1 aliphatic heterocycles. The van der Waals surface area contributed by atoms with E-state index < -0.39 is 11.6 Å². The Bertz CT molecular complexity index is 965. The Morgan fingerprint density at radius 1 is 0.966 bits per heavy atom. The summed E-state index contributed by atoms with van der Waals surface area (Å²) < 4.78 is 16.6. The van der Waals surface area contributed by atoms with Crippen LogP contribution in [0.15, 0.2) is 72.8 Å². The highest BCUT2D eigenvalue weighted by Crippen LogP contribution is 2.39. The van der Waals surface area contributed by atoms with Gasteiger partial charge in [0.1, 0.15) is 19.8 Å². The second kappa shape index (κ2) is 8.15. The zero-order valence-electron chi connectivity index (χ0n) is 15.5. The second-order valence-corrected chi connectivity index (χ2v) is 7.03. The molecule has 0 aliphatic carbocycles. The highest BCUT2D eigenvalue weighted by molar-refractivity contribution is 6.32. The first-order valence-corrected chi connectivity index (χ1v) is 9.55. The first-order valence-electron chi connectivity index (χ1n) is 9.17. The lowest BCUT2D eigenvalue weighted by atomic mass is 9.86. The van der Waals surface area contributed by atoms with E-state index in [1.54, 1.807) is 60.7 Å². The van der Waals surface area contributed by atoms with E-state index in [4.69, 9.17) is 25.8 Å². The molecular formula is C23H19ClO5. The Balaban J connectivity index is 1.61. The minimum absolute atomic E-state index is 0.0723. The lowest BCUT2D eigenvalue weighted by Gasteiger charge is -2.27. The molecule has 6 heteroatoms. The molecule has 0 saturated carbocycles. The van der Waals surface area contributed by atoms with Crippen LogP contribution in [0.4, 0.5) is 0 Å². The van der Waals surface area contributed by atoms with Gasteiger partial charge in [0.25, 0.3) is 0 Å². The molecule has 1 heterocycles. The number of carbonyl (C=O) groups is 1. The normalized spacial score (nSPS) is 13.0. The fourth-order valence-corrected chi connectivity index (χ4v) is 3.55. The zero-order chi connectivity index (χ0) is 20.3. The molecule has 0 unspecified atom stereocenters. The molecule has 0 bridgehead atoms. The van der Waals surface area contributed by atoms with Crippen molar-refractivity contribution in [1.82, 2.24) is 0 Å². The molecule has 148 valence electrons. The molecule has 3 aromatic carbocycles. The third-order valence-corrected chi connectivity index (χ3v) is 4.99. The third kappa shape index (κ3) is 3.79. The van der Waals surface area contributed by atoms with E-state index in [2.05, 4.69) is 0 Å². The van der Waals surface area contributed by atoms with Crippen LogP contribution in [0.1, 0.15) is 16.7 Å². The summed E-state index contributed by atoms with van der Waals surface area (Å²) in [6, 6.07) is 20.8. The van der Waals surface area contributed by atoms with Crippen molar-refractivity contribution in [2.75, 3.05) is 13.2 Å². The van der Waals surface area contributed by atoms with Crippen LogP contribution in [0, 0.1) is 0 Å². The lowest BCUT2D eigenvalue weighted by Crippen LogP contribution is -2.38. The lowest BCUT2D eigenvalue weighted by molar-refractivity contribution is -0.163. The second-order valence-electron chi connectivity index (χ2n) is 6.62. The predicted octanol–water partition coefficient (Wildman–Crippen LogP) is 4.09. The summed E-state index contributed by atoms with van der Waals surface area (Å²) in [6.45, 7) is 0.785. The minimum atomic E-state index is -1.93. The van der Waals surface area contributed by atoms with Crippen molar-refractivity contribution < 1.29 is 24.1 Å². The van der Waals surface area contributed by atoms with Crippen LogP contribution in [0.25, 0.3) is 0 Å². The maximum atomic E-state index is 13.1. The highest BCUT2D eigenvalue weighted by atomic mass is 35.5. The summed E-state index contributed by atoms with van der Waals surface area (Å²) in [5, 5.41) is 11.8. The van der Waals surface area contributed by atoms with Gasteiger partial charge < -0.3 is 19.3 Å². The van der Waals surface area contributed by atoms with Crippen LogP contribution in [-0.4, -0.2) is 24.3 Å². The monoisotopic (exact) mass is 410 g/mol. The van der Waals surface area contributed by atoms with Crippen LogP contribution in [0.3, 0.4) is 0 Å². The summed E-state index contributed by atoms with van der Waals surface area (Å²) in [6.07, 6.45) is 0. The minimum Gasteiger partial charge on any atom is -0.486 e. The smallest absolute Gasteiger partial charge is 0.348 e. The van der Waals surface area contributed by atoms with E-state index in [-0.39, 0.29) is 6.61 Å². The van der Waals surface area contributed by atoms with Gasteiger partial charge in [-0.15, -0.1) is 0 Å². The van der Waals surface area contributed by atoms with Crippen molar-refractivity contribution in [3.63, 3.8) is 0 Å². The van der Waals surface area contributed by atoms with E-state index in [0.717, 1.165) is 0 Å². The maximum Gasteiger partial charge on any atom is 0.348 e. The molecule has 5 nitrogen and oxygen atoms in total. The number of rotatable bonds is 5. The van der Waals surface area contributed by atoms with Gasteiger partial charge in [0.15, 0.2) is 11.5 Å². The molecule has 1 N–H and O–H groups in total. The molecule has 4 rings (SSSR count). The summed E-state index contributed by atoms with van der Waals surface area (Å²) >= 11 is 6.25. The molecule has 0 fully saturated rings. The number of hydrogen-bond acceptors (Lipinski definition) is 5. The average molecular weight is 411 g/mol. The number of halogens is 1. The van der Waals surface area contributed by atoms with Crippen molar-refractivity contribution in [3.8, 4) is 11.5 Å². The van der Waals surface area contributed by atoms with E-state index in [1.807, 2.05) is 12.1 Å². The first kappa shape index (κ1) is 19.3. The Morgan fingerprint density at radius 2 is 1.55 bits per heavy atom. The Hall–Kier alpha value is -3.02. The van der Waals surface area contributed by atoms with Gasteiger partial charge in [-0.05, 0) is 28.8 Å². The fourth-order valence-electron chi connectivity index (χ4n) is 3.26. The van der Waals surface area contributed by atoms with Gasteiger partial charge >= 0.3 is 5.97 Å². The van der Waals surface area contributed by atoms with Gasteiger partial charge in [0, 0.05) is 0 Å². The number of benzene rings is 3. The van der Waals surface area contributed by atoms with Crippen molar-refractivity contribution in [2.45, 2.75) is 12.2 Å². The van der Waals surface area contributed by atoms with Crippen LogP contribution < -0.4 is 9.47 Å². The van der Waals surface area contributed by atoms with E-state index in [9.17, 15) is 9.90 Å². The van der Waals surface area contributed by atoms with E-state index in [0.29, 0.717) is 46.4 Å². The summed E-state index contributed by atoms with van der Waals surface area (Å²) in [7, 11) is 0. The third-order valence-electron chi connectivity index (χ3n) is 4.71. The number of hydrogen-bond donors (Lipinski definition) is 1. The van der Waals surface area contributed by atoms with Gasteiger partial charge in [-0.2, -0.15) is 0 Å². The number of esters is 1. The number of fused-ring (bicyclic) bond motifs is 1. The van der Waals surface area contributed by atoms with Crippen LogP contribution >= 0.6 is 11.6 Å². The Labute approximate surface area is 173 Å². The standard InChI is InChI=1S/C23H19ClO5/c24-19-13-16(14-20-21(19)28-12-11-27-20)15-29-22(25)23(26,17-7-3-1-4-8-17)18-9-5-2-6-10-18/h1-10,13-14,26H,11-12,15H2. The Morgan fingerprint density at radius 3 is 2.17 bits per heavy atom. The maximum absolute atomic E-state index is 13.1. The molecule has 0 spiro atoms. The predicted molar refractivity (Wildman–Crippen MR) is 108 cm³/mol. The van der Waals surface area contributed by atoms with Gasteiger partial charge in [-0.25, -0.2) is 4.79 Å². The van der Waals surface area contributed by atoms with Crippen LogP contribution in [-0.2, 0) is 21.7 Å². The fraction of sp³-hybridized carbons (Fsp3) is 0.174. The van der Waals surface area contributed by atoms with E-state index in [1.165, 1.54) is 0 Å². The highest BCUT2D eigenvalue weighted by Gasteiger charge is 2.41. The number of aliphatic hydroxyl groups is 1. The van der Waals surface area contributed by atoms with Crippen LogP contribution in [0.2, 0.25) is 5.02 Å². The molecule has 0 aromatic heterocycles. The van der Waals surface area contributed by atoms with Crippen molar-refractivity contribution in [3.05, 3.63) is 94.5 Å². The van der Waals surface area contributed by atoms with Gasteiger partial charge in [0.2, 0.25) is 5.60 Å². The largest absolute Gasteiger partial charge is 0.486 e. The SMILES string of the molecule is O=C(OCc1cc(Cl)c2c(c1)OCCO2)C(O)(c1ccccc1)c1ccccc1. The Kier molecular flexibility index (Phi) is 5.43. The topological polar surface area (TPSA) is 65.0 Å². The molecule has 1 aliphatic rings. The molecule has 0 amide bonds.